The van der Waals surface area contributed by atoms with Gasteiger partial charge in [0.15, 0.2) is 0 Å². The largest absolute Gasteiger partial charge is 0.327 e. The number of nitrogens with two attached hydrogens (primary N) is 1. The third kappa shape index (κ3) is 2.69. The standard InChI is InChI=1S/C13H24N4/c1-4-17-11(3)13(10(2)15-17)9-16-7-5-6-12(14)8-16/h12H,4-9,14H2,1-3H3/t12-/m0/s1. The minimum Gasteiger partial charge on any atom is -0.327 e. The van der Waals surface area contributed by atoms with Gasteiger partial charge in [-0.3, -0.25) is 9.58 Å². The predicted octanol–water partition coefficient (Wildman–Crippen LogP) is 1.44. The molecule has 1 aliphatic rings. The summed E-state index contributed by atoms with van der Waals surface area (Å²) < 4.78 is 2.09. The minimum atomic E-state index is 0.352. The zero-order chi connectivity index (χ0) is 12.4. The summed E-state index contributed by atoms with van der Waals surface area (Å²) in [6.07, 6.45) is 2.39. The molecular formula is C13H24N4. The van der Waals surface area contributed by atoms with E-state index in [-0.39, 0.29) is 0 Å². The maximum absolute atomic E-state index is 6.02. The van der Waals surface area contributed by atoms with E-state index in [1.165, 1.54) is 36.3 Å². The Hall–Kier alpha value is -0.870. The average molecular weight is 236 g/mol. The first kappa shape index (κ1) is 12.6. The fraction of sp³-hybridized carbons (Fsp3) is 0.769. The van der Waals surface area contributed by atoms with Crippen molar-refractivity contribution >= 4 is 0 Å². The molecule has 0 bridgehead atoms. The molecule has 1 aromatic rings. The molecule has 1 fully saturated rings. The molecule has 0 saturated carbocycles. The number of aryl methyl sites for hydroxylation is 2. The Morgan fingerprint density at radius 3 is 2.76 bits per heavy atom. The fourth-order valence-corrected chi connectivity index (χ4v) is 2.73. The number of hydrogen-bond donors (Lipinski definition) is 1. The van der Waals surface area contributed by atoms with E-state index in [4.69, 9.17) is 5.73 Å². The second-order valence-corrected chi connectivity index (χ2v) is 5.10. The molecule has 96 valence electrons. The molecule has 0 aliphatic carbocycles. The van der Waals surface area contributed by atoms with Crippen molar-refractivity contribution in [2.45, 2.75) is 52.7 Å². The van der Waals surface area contributed by atoms with Crippen LogP contribution in [0.3, 0.4) is 0 Å². The summed E-state index contributed by atoms with van der Waals surface area (Å²) in [4.78, 5) is 2.46. The summed E-state index contributed by atoms with van der Waals surface area (Å²) in [7, 11) is 0. The monoisotopic (exact) mass is 236 g/mol. The Bertz CT molecular complexity index is 383. The Morgan fingerprint density at radius 1 is 1.41 bits per heavy atom. The van der Waals surface area contributed by atoms with Gasteiger partial charge in [-0.1, -0.05) is 0 Å². The number of aromatic nitrogens is 2. The highest BCUT2D eigenvalue weighted by Crippen LogP contribution is 2.18. The van der Waals surface area contributed by atoms with E-state index in [0.717, 1.165) is 19.6 Å². The second kappa shape index (κ2) is 5.19. The lowest BCUT2D eigenvalue weighted by molar-refractivity contribution is 0.201. The summed E-state index contributed by atoms with van der Waals surface area (Å²) >= 11 is 0. The topological polar surface area (TPSA) is 47.1 Å². The van der Waals surface area contributed by atoms with Gasteiger partial charge < -0.3 is 5.73 Å². The Balaban J connectivity index is 2.10. The molecule has 1 aromatic heterocycles. The van der Waals surface area contributed by atoms with Crippen molar-refractivity contribution in [2.75, 3.05) is 13.1 Å². The van der Waals surface area contributed by atoms with Gasteiger partial charge in [-0.25, -0.2) is 0 Å². The van der Waals surface area contributed by atoms with E-state index in [1.54, 1.807) is 0 Å². The van der Waals surface area contributed by atoms with Crippen molar-refractivity contribution in [2.24, 2.45) is 5.73 Å². The zero-order valence-corrected chi connectivity index (χ0v) is 11.2. The molecule has 1 saturated heterocycles. The molecule has 4 heteroatoms. The third-order valence-electron chi connectivity index (χ3n) is 3.75. The molecule has 0 spiro atoms. The van der Waals surface area contributed by atoms with Crippen molar-refractivity contribution in [3.05, 3.63) is 17.0 Å². The first-order valence-electron chi connectivity index (χ1n) is 6.62. The lowest BCUT2D eigenvalue weighted by Gasteiger charge is -2.30. The summed E-state index contributed by atoms with van der Waals surface area (Å²) in [5, 5.41) is 4.57. The first-order chi connectivity index (χ1) is 8.11. The SMILES string of the molecule is CCn1nc(C)c(CN2CCC[C@H](N)C2)c1C. The van der Waals surface area contributed by atoms with Crippen molar-refractivity contribution < 1.29 is 0 Å². The van der Waals surface area contributed by atoms with Crippen molar-refractivity contribution in [1.82, 2.24) is 14.7 Å². The van der Waals surface area contributed by atoms with Crippen LogP contribution in [0.2, 0.25) is 0 Å². The highest BCUT2D eigenvalue weighted by atomic mass is 15.3. The Morgan fingerprint density at radius 2 is 2.18 bits per heavy atom. The van der Waals surface area contributed by atoms with Crippen molar-refractivity contribution in [3.8, 4) is 0 Å². The maximum Gasteiger partial charge on any atom is 0.0641 e. The molecule has 0 unspecified atom stereocenters. The molecule has 2 N–H and O–H groups in total. The van der Waals surface area contributed by atoms with E-state index in [0.29, 0.717) is 6.04 Å². The first-order valence-corrected chi connectivity index (χ1v) is 6.62. The number of nitrogens with zero attached hydrogens (tertiary/aromatic N) is 3. The Labute approximate surface area is 104 Å². The van der Waals surface area contributed by atoms with Gasteiger partial charge in [-0.15, -0.1) is 0 Å². The molecule has 1 atom stereocenters. The van der Waals surface area contributed by atoms with Crippen LogP contribution in [0, 0.1) is 13.8 Å². The van der Waals surface area contributed by atoms with Crippen LogP contribution < -0.4 is 5.73 Å². The van der Waals surface area contributed by atoms with Crippen LogP contribution in [0.5, 0.6) is 0 Å². The van der Waals surface area contributed by atoms with Crippen LogP contribution >= 0.6 is 0 Å². The molecule has 0 amide bonds. The van der Waals surface area contributed by atoms with Crippen LogP contribution in [0.15, 0.2) is 0 Å². The van der Waals surface area contributed by atoms with Crippen LogP contribution in [-0.4, -0.2) is 33.8 Å². The minimum absolute atomic E-state index is 0.352. The quantitative estimate of drug-likeness (QED) is 0.864. The van der Waals surface area contributed by atoms with Gasteiger partial charge in [0.1, 0.15) is 0 Å². The van der Waals surface area contributed by atoms with E-state index in [9.17, 15) is 0 Å². The van der Waals surface area contributed by atoms with Crippen molar-refractivity contribution in [3.63, 3.8) is 0 Å². The molecule has 2 heterocycles. The van der Waals surface area contributed by atoms with E-state index < -0.39 is 0 Å². The molecule has 17 heavy (non-hydrogen) atoms. The zero-order valence-electron chi connectivity index (χ0n) is 11.2. The molecule has 4 nitrogen and oxygen atoms in total. The molecule has 1 aliphatic heterocycles. The van der Waals surface area contributed by atoms with Gasteiger partial charge in [0, 0.05) is 36.9 Å². The van der Waals surface area contributed by atoms with Crippen LogP contribution in [0.25, 0.3) is 0 Å². The number of likely N-dealkylation sites (tertiary alicyclic amines) is 1. The van der Waals surface area contributed by atoms with Gasteiger partial charge in [0.05, 0.1) is 5.69 Å². The summed E-state index contributed by atoms with van der Waals surface area (Å²) in [5.74, 6) is 0. The van der Waals surface area contributed by atoms with Gasteiger partial charge in [0.25, 0.3) is 0 Å². The van der Waals surface area contributed by atoms with Gasteiger partial charge in [-0.2, -0.15) is 5.10 Å². The summed E-state index contributed by atoms with van der Waals surface area (Å²) in [5.41, 5.74) is 9.89. The number of hydrogen-bond acceptors (Lipinski definition) is 3. The second-order valence-electron chi connectivity index (χ2n) is 5.10. The lowest BCUT2D eigenvalue weighted by Crippen LogP contribution is -2.42. The predicted molar refractivity (Wildman–Crippen MR) is 69.9 cm³/mol. The van der Waals surface area contributed by atoms with Crippen LogP contribution in [-0.2, 0) is 13.1 Å². The maximum atomic E-state index is 6.02. The molecule has 0 radical (unpaired) electrons. The molecule has 2 rings (SSSR count). The van der Waals surface area contributed by atoms with Crippen LogP contribution in [0.4, 0.5) is 0 Å². The Kier molecular flexibility index (Phi) is 3.84. The van der Waals surface area contributed by atoms with E-state index >= 15 is 0 Å². The highest BCUT2D eigenvalue weighted by molar-refractivity contribution is 5.24. The van der Waals surface area contributed by atoms with E-state index in [2.05, 4.69) is 35.5 Å². The van der Waals surface area contributed by atoms with Gasteiger partial charge in [-0.05, 0) is 40.2 Å². The summed E-state index contributed by atoms with van der Waals surface area (Å²) in [6, 6.07) is 0.352. The third-order valence-corrected chi connectivity index (χ3v) is 3.75. The number of piperidine rings is 1. The van der Waals surface area contributed by atoms with Gasteiger partial charge in [0.2, 0.25) is 0 Å². The lowest BCUT2D eigenvalue weighted by atomic mass is 10.1. The smallest absolute Gasteiger partial charge is 0.0641 e. The highest BCUT2D eigenvalue weighted by Gasteiger charge is 2.19. The number of rotatable bonds is 3. The van der Waals surface area contributed by atoms with E-state index in [1.807, 2.05) is 0 Å². The molecule has 0 aromatic carbocycles. The van der Waals surface area contributed by atoms with Gasteiger partial charge >= 0.3 is 0 Å². The van der Waals surface area contributed by atoms with Crippen molar-refractivity contribution in [1.29, 1.82) is 0 Å². The average Bonchev–Trinajstić information content (AvgIpc) is 2.56. The normalized spacial score (nSPS) is 22.0. The van der Waals surface area contributed by atoms with Crippen LogP contribution in [0.1, 0.15) is 36.7 Å². The summed E-state index contributed by atoms with van der Waals surface area (Å²) in [6.45, 7) is 10.6. The fourth-order valence-electron chi connectivity index (χ4n) is 2.73. The molecular weight excluding hydrogens is 212 g/mol.